The SMILES string of the molecule is Cc1cc(NC(=O)CSc2nnc(-c3cccc(S(=O)(=O)N4CCCC4)c3)n2-c2ccccc2)ccc1Br. The molecule has 0 saturated carbocycles. The first-order chi connectivity index (χ1) is 18.3. The Labute approximate surface area is 234 Å². The number of sulfonamides is 1. The maximum absolute atomic E-state index is 13.2. The van der Waals surface area contributed by atoms with Gasteiger partial charge in [-0.2, -0.15) is 4.31 Å². The molecule has 2 heterocycles. The zero-order valence-corrected chi connectivity index (χ0v) is 23.9. The van der Waals surface area contributed by atoms with Crippen molar-refractivity contribution in [1.29, 1.82) is 0 Å². The zero-order valence-electron chi connectivity index (χ0n) is 20.7. The Balaban J connectivity index is 1.43. The van der Waals surface area contributed by atoms with E-state index in [1.165, 1.54) is 16.1 Å². The van der Waals surface area contributed by atoms with E-state index in [4.69, 9.17) is 0 Å². The smallest absolute Gasteiger partial charge is 0.243 e. The fraction of sp³-hybridized carbons (Fsp3) is 0.222. The van der Waals surface area contributed by atoms with Crippen LogP contribution in [0.25, 0.3) is 17.1 Å². The summed E-state index contributed by atoms with van der Waals surface area (Å²) in [5, 5.41) is 12.2. The average Bonchev–Trinajstić information content (AvgIpc) is 3.61. The summed E-state index contributed by atoms with van der Waals surface area (Å²) in [5.74, 6) is 0.462. The van der Waals surface area contributed by atoms with Crippen LogP contribution in [0.4, 0.5) is 5.69 Å². The fourth-order valence-corrected chi connectivity index (χ4v) is 6.85. The highest BCUT2D eigenvalue weighted by atomic mass is 79.9. The lowest BCUT2D eigenvalue weighted by Gasteiger charge is -2.16. The molecule has 0 bridgehead atoms. The molecular formula is C27H26BrN5O3S2. The van der Waals surface area contributed by atoms with Crippen LogP contribution in [0.1, 0.15) is 18.4 Å². The van der Waals surface area contributed by atoms with Crippen molar-refractivity contribution in [3.63, 3.8) is 0 Å². The van der Waals surface area contributed by atoms with Gasteiger partial charge in [-0.05, 0) is 67.8 Å². The maximum atomic E-state index is 13.2. The number of aromatic nitrogens is 3. The molecule has 8 nitrogen and oxygen atoms in total. The lowest BCUT2D eigenvalue weighted by molar-refractivity contribution is -0.113. The highest BCUT2D eigenvalue weighted by Crippen LogP contribution is 2.30. The van der Waals surface area contributed by atoms with Gasteiger partial charge < -0.3 is 5.32 Å². The van der Waals surface area contributed by atoms with Gasteiger partial charge in [0.05, 0.1) is 10.6 Å². The number of benzene rings is 3. The third-order valence-electron chi connectivity index (χ3n) is 6.22. The predicted octanol–water partition coefficient (Wildman–Crippen LogP) is 5.52. The van der Waals surface area contributed by atoms with Crippen molar-refractivity contribution in [2.45, 2.75) is 29.8 Å². The van der Waals surface area contributed by atoms with Crippen molar-refractivity contribution in [2.24, 2.45) is 0 Å². The van der Waals surface area contributed by atoms with Crippen LogP contribution in [-0.2, 0) is 14.8 Å². The van der Waals surface area contributed by atoms with Crippen molar-refractivity contribution < 1.29 is 13.2 Å². The number of thioether (sulfide) groups is 1. The van der Waals surface area contributed by atoms with E-state index >= 15 is 0 Å². The molecule has 1 aliphatic heterocycles. The molecule has 4 aromatic rings. The Bertz CT molecular complexity index is 1570. The highest BCUT2D eigenvalue weighted by molar-refractivity contribution is 9.10. The number of aryl methyl sites for hydroxylation is 1. The molecule has 1 saturated heterocycles. The largest absolute Gasteiger partial charge is 0.325 e. The fourth-order valence-electron chi connectivity index (χ4n) is 4.28. The van der Waals surface area contributed by atoms with Gasteiger partial charge in [-0.25, -0.2) is 8.42 Å². The topological polar surface area (TPSA) is 97.2 Å². The second-order valence-electron chi connectivity index (χ2n) is 8.92. The normalized spacial score (nSPS) is 14.1. The molecule has 196 valence electrons. The minimum absolute atomic E-state index is 0.128. The van der Waals surface area contributed by atoms with Crippen molar-refractivity contribution >= 4 is 49.3 Å². The first-order valence-corrected chi connectivity index (χ1v) is 15.3. The van der Waals surface area contributed by atoms with Gasteiger partial charge >= 0.3 is 0 Å². The van der Waals surface area contributed by atoms with Crippen LogP contribution in [0.15, 0.2) is 87.3 Å². The molecule has 38 heavy (non-hydrogen) atoms. The van der Waals surface area contributed by atoms with Gasteiger partial charge in [0, 0.05) is 34.5 Å². The number of halogens is 1. The number of carbonyl (C=O) groups is 1. The molecule has 0 atom stereocenters. The van der Waals surface area contributed by atoms with Crippen LogP contribution in [0.2, 0.25) is 0 Å². The van der Waals surface area contributed by atoms with Gasteiger partial charge in [-0.15, -0.1) is 10.2 Å². The summed E-state index contributed by atoms with van der Waals surface area (Å²) >= 11 is 4.73. The molecule has 0 spiro atoms. The van der Waals surface area contributed by atoms with E-state index in [0.29, 0.717) is 29.6 Å². The van der Waals surface area contributed by atoms with E-state index in [1.54, 1.807) is 18.2 Å². The minimum Gasteiger partial charge on any atom is -0.325 e. The number of hydrogen-bond acceptors (Lipinski definition) is 6. The number of nitrogens with zero attached hydrogens (tertiary/aromatic N) is 4. The quantitative estimate of drug-likeness (QED) is 0.263. The van der Waals surface area contributed by atoms with E-state index in [-0.39, 0.29) is 16.6 Å². The lowest BCUT2D eigenvalue weighted by atomic mass is 10.2. The maximum Gasteiger partial charge on any atom is 0.243 e. The number of carbonyl (C=O) groups excluding carboxylic acids is 1. The number of para-hydroxylation sites is 1. The third-order valence-corrected chi connectivity index (χ3v) is 9.93. The number of nitrogens with one attached hydrogen (secondary N) is 1. The standard InChI is InChI=1S/C27H26BrN5O3S2/c1-19-16-21(12-13-24(19)28)29-25(34)18-37-27-31-30-26(33(27)22-9-3-2-4-10-22)20-8-7-11-23(17-20)38(35,36)32-14-5-6-15-32/h2-4,7-13,16-17H,5-6,14-15,18H2,1H3,(H,29,34). The van der Waals surface area contributed by atoms with Gasteiger partial charge in [-0.1, -0.05) is 58.0 Å². The third kappa shape index (κ3) is 5.70. The molecule has 0 aliphatic carbocycles. The molecule has 3 aromatic carbocycles. The summed E-state index contributed by atoms with van der Waals surface area (Å²) in [5.41, 5.74) is 3.19. The molecular weight excluding hydrogens is 586 g/mol. The van der Waals surface area contributed by atoms with E-state index in [2.05, 4.69) is 31.4 Å². The minimum atomic E-state index is -3.58. The number of amides is 1. The van der Waals surface area contributed by atoms with Crippen LogP contribution >= 0.6 is 27.7 Å². The molecule has 1 fully saturated rings. The molecule has 0 unspecified atom stereocenters. The van der Waals surface area contributed by atoms with Crippen molar-refractivity contribution in [2.75, 3.05) is 24.2 Å². The van der Waals surface area contributed by atoms with Crippen LogP contribution in [0, 0.1) is 6.92 Å². The van der Waals surface area contributed by atoms with E-state index < -0.39 is 10.0 Å². The second-order valence-corrected chi connectivity index (χ2v) is 12.7. The van der Waals surface area contributed by atoms with Crippen LogP contribution in [-0.4, -0.2) is 52.2 Å². The molecule has 11 heteroatoms. The van der Waals surface area contributed by atoms with E-state index in [0.717, 1.165) is 34.3 Å². The number of rotatable bonds is 8. The van der Waals surface area contributed by atoms with Gasteiger partial charge in [0.1, 0.15) is 0 Å². The van der Waals surface area contributed by atoms with Crippen molar-refractivity contribution in [3.05, 3.63) is 82.8 Å². The molecule has 1 aliphatic rings. The van der Waals surface area contributed by atoms with Gasteiger partial charge in [0.15, 0.2) is 11.0 Å². The number of anilines is 1. The average molecular weight is 613 g/mol. The second kappa shape index (κ2) is 11.4. The summed E-state index contributed by atoms with van der Waals surface area (Å²) in [6.45, 7) is 3.04. The molecule has 5 rings (SSSR count). The van der Waals surface area contributed by atoms with Gasteiger partial charge in [-0.3, -0.25) is 9.36 Å². The Hall–Kier alpha value is -2.99. The summed E-state index contributed by atoms with van der Waals surface area (Å²) in [7, 11) is -3.58. The lowest BCUT2D eigenvalue weighted by Crippen LogP contribution is -2.27. The van der Waals surface area contributed by atoms with E-state index in [9.17, 15) is 13.2 Å². The molecule has 1 amide bonds. The van der Waals surface area contributed by atoms with Gasteiger partial charge in [0.25, 0.3) is 0 Å². The summed E-state index contributed by atoms with van der Waals surface area (Å²) in [6, 6.07) is 22.0. The van der Waals surface area contributed by atoms with Gasteiger partial charge in [0.2, 0.25) is 15.9 Å². The Morgan fingerprint density at radius 3 is 2.50 bits per heavy atom. The Morgan fingerprint density at radius 2 is 1.76 bits per heavy atom. The number of hydrogen-bond donors (Lipinski definition) is 1. The summed E-state index contributed by atoms with van der Waals surface area (Å²) < 4.78 is 30.7. The first-order valence-electron chi connectivity index (χ1n) is 12.1. The van der Waals surface area contributed by atoms with Crippen LogP contribution < -0.4 is 5.32 Å². The Kier molecular flexibility index (Phi) is 7.98. The van der Waals surface area contributed by atoms with Crippen LogP contribution in [0.3, 0.4) is 0 Å². The van der Waals surface area contributed by atoms with E-state index in [1.807, 2.05) is 66.1 Å². The first kappa shape index (κ1) is 26.6. The highest BCUT2D eigenvalue weighted by Gasteiger charge is 2.28. The zero-order chi connectivity index (χ0) is 26.7. The summed E-state index contributed by atoms with van der Waals surface area (Å²) in [6.07, 6.45) is 1.74. The molecule has 1 aromatic heterocycles. The molecule has 1 N–H and O–H groups in total. The summed E-state index contributed by atoms with van der Waals surface area (Å²) in [4.78, 5) is 12.9. The predicted molar refractivity (Wildman–Crippen MR) is 153 cm³/mol. The van der Waals surface area contributed by atoms with Crippen molar-refractivity contribution in [3.8, 4) is 17.1 Å². The monoisotopic (exact) mass is 611 g/mol. The molecule has 0 radical (unpaired) electrons. The van der Waals surface area contributed by atoms with Crippen LogP contribution in [0.5, 0.6) is 0 Å². The van der Waals surface area contributed by atoms with Crippen molar-refractivity contribution in [1.82, 2.24) is 19.1 Å². The Morgan fingerprint density at radius 1 is 1.00 bits per heavy atom.